The molecule has 0 amide bonds. The highest BCUT2D eigenvalue weighted by molar-refractivity contribution is 5.29. The molecule has 0 saturated heterocycles. The van der Waals surface area contributed by atoms with E-state index in [0.717, 1.165) is 18.3 Å². The van der Waals surface area contributed by atoms with E-state index in [2.05, 4.69) is 22.4 Å². The van der Waals surface area contributed by atoms with Crippen LogP contribution in [0.4, 0.5) is 5.95 Å². The highest BCUT2D eigenvalue weighted by Crippen LogP contribution is 2.23. The van der Waals surface area contributed by atoms with Gasteiger partial charge in [-0.1, -0.05) is 0 Å². The molecule has 5 heteroatoms. The Hall–Kier alpha value is -1.10. The quantitative estimate of drug-likeness (QED) is 0.702. The van der Waals surface area contributed by atoms with Crippen LogP contribution >= 0.6 is 0 Å². The predicted octanol–water partition coefficient (Wildman–Crippen LogP) is 0.331. The van der Waals surface area contributed by atoms with E-state index < -0.39 is 0 Å². The first-order valence-electron chi connectivity index (χ1n) is 4.73. The van der Waals surface area contributed by atoms with Crippen molar-refractivity contribution in [2.75, 3.05) is 5.32 Å². The number of anilines is 1. The average Bonchev–Trinajstić information content (AvgIpc) is 2.85. The summed E-state index contributed by atoms with van der Waals surface area (Å²) in [6.45, 7) is 3.39. The Morgan fingerprint density at radius 2 is 2.31 bits per heavy atom. The summed E-state index contributed by atoms with van der Waals surface area (Å²) < 4.78 is 2.03. The van der Waals surface area contributed by atoms with Gasteiger partial charge in [-0.3, -0.25) is 4.57 Å². The largest absolute Gasteiger partial charge is 0.352 e. The molecule has 1 heterocycles. The Bertz CT molecular complexity index is 289. The summed E-state index contributed by atoms with van der Waals surface area (Å²) in [6.07, 6.45) is 2.49. The van der Waals surface area contributed by atoms with Crippen molar-refractivity contribution in [2.45, 2.75) is 38.9 Å². The molecular weight excluding hydrogens is 166 g/mol. The zero-order chi connectivity index (χ0) is 9.26. The molecule has 1 saturated carbocycles. The standard InChI is InChI=1S/C8H15N5/c1-2-13-7(5-9)11-12-8(13)10-6-3-4-6/h6H,2-5,9H2,1H3,(H,10,12). The SMILES string of the molecule is CCn1c(CN)nnc1NC1CC1. The maximum Gasteiger partial charge on any atom is 0.224 e. The zero-order valence-corrected chi connectivity index (χ0v) is 7.82. The van der Waals surface area contributed by atoms with E-state index in [4.69, 9.17) is 5.73 Å². The van der Waals surface area contributed by atoms with Crippen molar-refractivity contribution < 1.29 is 0 Å². The van der Waals surface area contributed by atoms with Crippen LogP contribution in [0.5, 0.6) is 0 Å². The van der Waals surface area contributed by atoms with Gasteiger partial charge in [-0.15, -0.1) is 10.2 Å². The predicted molar refractivity (Wildman–Crippen MR) is 50.2 cm³/mol. The monoisotopic (exact) mass is 181 g/mol. The van der Waals surface area contributed by atoms with E-state index in [-0.39, 0.29) is 0 Å². The molecule has 0 aromatic carbocycles. The Labute approximate surface area is 77.3 Å². The molecule has 72 valence electrons. The van der Waals surface area contributed by atoms with Crippen molar-refractivity contribution in [3.05, 3.63) is 5.82 Å². The second-order valence-corrected chi connectivity index (χ2v) is 3.31. The Balaban J connectivity index is 2.17. The third kappa shape index (κ3) is 1.65. The first-order chi connectivity index (χ1) is 6.35. The van der Waals surface area contributed by atoms with Gasteiger partial charge in [0.05, 0.1) is 6.54 Å². The van der Waals surface area contributed by atoms with Crippen LogP contribution in [0.1, 0.15) is 25.6 Å². The summed E-state index contributed by atoms with van der Waals surface area (Å²) in [5.41, 5.74) is 5.53. The summed E-state index contributed by atoms with van der Waals surface area (Å²) in [4.78, 5) is 0. The molecule has 0 bridgehead atoms. The Morgan fingerprint density at radius 1 is 1.54 bits per heavy atom. The minimum Gasteiger partial charge on any atom is -0.352 e. The lowest BCUT2D eigenvalue weighted by molar-refractivity contribution is 0.701. The van der Waals surface area contributed by atoms with Crippen molar-refractivity contribution in [1.82, 2.24) is 14.8 Å². The van der Waals surface area contributed by atoms with Crippen LogP contribution in [0, 0.1) is 0 Å². The second-order valence-electron chi connectivity index (χ2n) is 3.31. The van der Waals surface area contributed by atoms with Gasteiger partial charge in [0, 0.05) is 12.6 Å². The molecule has 0 spiro atoms. The minimum absolute atomic E-state index is 0.452. The molecule has 0 unspecified atom stereocenters. The van der Waals surface area contributed by atoms with Crippen molar-refractivity contribution >= 4 is 5.95 Å². The van der Waals surface area contributed by atoms with Crippen LogP contribution in [0.25, 0.3) is 0 Å². The van der Waals surface area contributed by atoms with Gasteiger partial charge in [-0.05, 0) is 19.8 Å². The van der Waals surface area contributed by atoms with E-state index in [9.17, 15) is 0 Å². The third-order valence-electron chi connectivity index (χ3n) is 2.24. The number of nitrogens with one attached hydrogen (secondary N) is 1. The van der Waals surface area contributed by atoms with Gasteiger partial charge in [-0.2, -0.15) is 0 Å². The van der Waals surface area contributed by atoms with Crippen molar-refractivity contribution in [3.63, 3.8) is 0 Å². The minimum atomic E-state index is 0.452. The van der Waals surface area contributed by atoms with Crippen molar-refractivity contribution in [1.29, 1.82) is 0 Å². The van der Waals surface area contributed by atoms with Gasteiger partial charge >= 0.3 is 0 Å². The van der Waals surface area contributed by atoms with E-state index in [1.807, 2.05) is 4.57 Å². The zero-order valence-electron chi connectivity index (χ0n) is 7.82. The lowest BCUT2D eigenvalue weighted by Gasteiger charge is -2.06. The topological polar surface area (TPSA) is 68.8 Å². The molecule has 0 aliphatic heterocycles. The van der Waals surface area contributed by atoms with Gasteiger partial charge < -0.3 is 11.1 Å². The summed E-state index contributed by atoms with van der Waals surface area (Å²) in [5, 5.41) is 11.4. The molecule has 2 rings (SSSR count). The van der Waals surface area contributed by atoms with Crippen molar-refractivity contribution in [3.8, 4) is 0 Å². The van der Waals surface area contributed by atoms with Crippen LogP contribution in [-0.4, -0.2) is 20.8 Å². The number of hydrogen-bond donors (Lipinski definition) is 2. The lowest BCUT2D eigenvalue weighted by atomic mass is 10.5. The van der Waals surface area contributed by atoms with E-state index in [1.165, 1.54) is 12.8 Å². The van der Waals surface area contributed by atoms with Gasteiger partial charge in [0.2, 0.25) is 5.95 Å². The van der Waals surface area contributed by atoms with Crippen LogP contribution in [-0.2, 0) is 13.1 Å². The van der Waals surface area contributed by atoms with Crippen LogP contribution < -0.4 is 11.1 Å². The number of nitrogens with two attached hydrogens (primary N) is 1. The molecule has 0 radical (unpaired) electrons. The van der Waals surface area contributed by atoms with E-state index in [0.29, 0.717) is 12.6 Å². The molecule has 0 atom stereocenters. The molecule has 5 nitrogen and oxygen atoms in total. The fourth-order valence-electron chi connectivity index (χ4n) is 1.34. The summed E-state index contributed by atoms with van der Waals surface area (Å²) in [6, 6.07) is 0.611. The lowest BCUT2D eigenvalue weighted by Crippen LogP contribution is -2.12. The van der Waals surface area contributed by atoms with E-state index >= 15 is 0 Å². The molecule has 1 aliphatic rings. The molecule has 1 aromatic heterocycles. The third-order valence-corrected chi connectivity index (χ3v) is 2.24. The molecular formula is C8H15N5. The molecule has 1 aliphatic carbocycles. The number of aromatic nitrogens is 3. The number of hydrogen-bond acceptors (Lipinski definition) is 4. The van der Waals surface area contributed by atoms with E-state index in [1.54, 1.807) is 0 Å². The Kier molecular flexibility index (Phi) is 2.18. The molecule has 3 N–H and O–H groups in total. The first kappa shape index (κ1) is 8.50. The number of nitrogens with zero attached hydrogens (tertiary/aromatic N) is 3. The maximum atomic E-state index is 5.53. The molecule has 1 aromatic rings. The van der Waals surface area contributed by atoms with Gasteiger partial charge in [0.15, 0.2) is 0 Å². The fraction of sp³-hybridized carbons (Fsp3) is 0.750. The van der Waals surface area contributed by atoms with Crippen LogP contribution in [0.3, 0.4) is 0 Å². The number of rotatable bonds is 4. The highest BCUT2D eigenvalue weighted by atomic mass is 15.4. The summed E-state index contributed by atoms with van der Waals surface area (Å²) in [7, 11) is 0. The van der Waals surface area contributed by atoms with Crippen molar-refractivity contribution in [2.24, 2.45) is 5.73 Å². The van der Waals surface area contributed by atoms with Crippen LogP contribution in [0.2, 0.25) is 0 Å². The van der Waals surface area contributed by atoms with Crippen LogP contribution in [0.15, 0.2) is 0 Å². The summed E-state index contributed by atoms with van der Waals surface area (Å²) in [5.74, 6) is 1.72. The molecule has 1 fully saturated rings. The smallest absolute Gasteiger partial charge is 0.224 e. The average molecular weight is 181 g/mol. The Morgan fingerprint density at radius 3 is 2.85 bits per heavy atom. The second kappa shape index (κ2) is 3.33. The molecule has 13 heavy (non-hydrogen) atoms. The highest BCUT2D eigenvalue weighted by Gasteiger charge is 2.23. The summed E-state index contributed by atoms with van der Waals surface area (Å²) >= 11 is 0. The van der Waals surface area contributed by atoms with Gasteiger partial charge in [-0.25, -0.2) is 0 Å². The van der Waals surface area contributed by atoms with Gasteiger partial charge in [0.1, 0.15) is 5.82 Å². The normalized spacial score (nSPS) is 16.2. The fourth-order valence-corrected chi connectivity index (χ4v) is 1.34. The first-order valence-corrected chi connectivity index (χ1v) is 4.73. The van der Waals surface area contributed by atoms with Gasteiger partial charge in [0.25, 0.3) is 0 Å². The maximum absolute atomic E-state index is 5.53.